The second kappa shape index (κ2) is 10.0. The lowest BCUT2D eigenvalue weighted by Crippen LogP contribution is -2.47. The maximum absolute atomic E-state index is 13.6. The lowest BCUT2D eigenvalue weighted by atomic mass is 9.95. The van der Waals surface area contributed by atoms with Gasteiger partial charge in [-0.05, 0) is 49.1 Å². The maximum atomic E-state index is 13.6. The van der Waals surface area contributed by atoms with Crippen molar-refractivity contribution in [3.05, 3.63) is 53.9 Å². The van der Waals surface area contributed by atoms with Crippen LogP contribution in [0.15, 0.2) is 47.6 Å². The second-order valence-corrected chi connectivity index (χ2v) is 9.49. The van der Waals surface area contributed by atoms with Crippen LogP contribution >= 0.6 is 0 Å². The van der Waals surface area contributed by atoms with E-state index in [2.05, 4.69) is 10.3 Å². The number of amides is 1. The zero-order valence-electron chi connectivity index (χ0n) is 17.5. The smallest absolute Gasteiger partial charge is 0.247 e. The van der Waals surface area contributed by atoms with Gasteiger partial charge >= 0.3 is 0 Å². The molecule has 1 saturated carbocycles. The standard InChI is InChI=1S/C22H29N3O4S/c1-17-10-11-20(29-2)21(13-17)30(27,28)25(19-8-4-3-5-9-19)16-22(26)24-15-18-7-6-12-23-14-18/h6-7,10-14,19H,3-5,8-9,15-16H2,1-2H3,(H,24,26). The van der Waals surface area contributed by atoms with Gasteiger partial charge in [0.1, 0.15) is 10.6 Å². The van der Waals surface area contributed by atoms with Gasteiger partial charge in [0, 0.05) is 25.0 Å². The number of carbonyl (C=O) groups is 1. The van der Waals surface area contributed by atoms with Gasteiger partial charge in [0.15, 0.2) is 0 Å². The Labute approximate surface area is 178 Å². The molecule has 1 aliphatic rings. The van der Waals surface area contributed by atoms with E-state index < -0.39 is 10.0 Å². The van der Waals surface area contributed by atoms with Gasteiger partial charge in [-0.1, -0.05) is 31.4 Å². The predicted molar refractivity (Wildman–Crippen MR) is 115 cm³/mol. The van der Waals surface area contributed by atoms with Crippen molar-refractivity contribution in [1.82, 2.24) is 14.6 Å². The number of hydrogen-bond donors (Lipinski definition) is 1. The van der Waals surface area contributed by atoms with Crippen molar-refractivity contribution < 1.29 is 17.9 Å². The van der Waals surface area contributed by atoms with Crippen LogP contribution in [-0.4, -0.2) is 43.3 Å². The zero-order valence-corrected chi connectivity index (χ0v) is 18.3. The van der Waals surface area contributed by atoms with Gasteiger partial charge in [-0.15, -0.1) is 0 Å². The average Bonchev–Trinajstić information content (AvgIpc) is 2.77. The summed E-state index contributed by atoms with van der Waals surface area (Å²) >= 11 is 0. The summed E-state index contributed by atoms with van der Waals surface area (Å²) in [6.07, 6.45) is 7.85. The van der Waals surface area contributed by atoms with Crippen molar-refractivity contribution in [3.63, 3.8) is 0 Å². The molecule has 1 aromatic heterocycles. The van der Waals surface area contributed by atoms with E-state index in [1.54, 1.807) is 30.6 Å². The summed E-state index contributed by atoms with van der Waals surface area (Å²) < 4.78 is 33.9. The SMILES string of the molecule is COc1ccc(C)cc1S(=O)(=O)N(CC(=O)NCc1cccnc1)C1CCCCC1. The number of sulfonamides is 1. The summed E-state index contributed by atoms with van der Waals surface area (Å²) in [5, 5.41) is 2.82. The van der Waals surface area contributed by atoms with E-state index in [9.17, 15) is 13.2 Å². The first-order chi connectivity index (χ1) is 14.4. The fourth-order valence-electron chi connectivity index (χ4n) is 3.79. The molecule has 162 valence electrons. The fourth-order valence-corrected chi connectivity index (χ4v) is 5.68. The Balaban J connectivity index is 1.85. The van der Waals surface area contributed by atoms with Crippen LogP contribution in [0.5, 0.6) is 5.75 Å². The number of ether oxygens (including phenoxy) is 1. The van der Waals surface area contributed by atoms with Crippen LogP contribution in [0.3, 0.4) is 0 Å². The number of nitrogens with one attached hydrogen (secondary N) is 1. The van der Waals surface area contributed by atoms with Crippen LogP contribution < -0.4 is 10.1 Å². The Hall–Kier alpha value is -2.45. The Kier molecular flexibility index (Phi) is 7.44. The number of aryl methyl sites for hydroxylation is 1. The molecule has 1 aromatic carbocycles. The number of benzene rings is 1. The summed E-state index contributed by atoms with van der Waals surface area (Å²) in [5.41, 5.74) is 1.68. The maximum Gasteiger partial charge on any atom is 0.247 e. The molecule has 0 radical (unpaired) electrons. The Morgan fingerprint density at radius 3 is 2.67 bits per heavy atom. The largest absolute Gasteiger partial charge is 0.495 e. The normalized spacial score (nSPS) is 15.2. The highest BCUT2D eigenvalue weighted by atomic mass is 32.2. The molecule has 1 amide bonds. The van der Waals surface area contributed by atoms with Gasteiger partial charge < -0.3 is 10.1 Å². The molecule has 1 N–H and O–H groups in total. The topological polar surface area (TPSA) is 88.6 Å². The number of nitrogens with zero attached hydrogens (tertiary/aromatic N) is 2. The molecule has 0 unspecified atom stereocenters. The van der Waals surface area contributed by atoms with E-state index in [4.69, 9.17) is 4.74 Å². The van der Waals surface area contributed by atoms with Gasteiger partial charge in [-0.25, -0.2) is 8.42 Å². The number of pyridine rings is 1. The van der Waals surface area contributed by atoms with Crippen LogP contribution in [0.4, 0.5) is 0 Å². The molecule has 0 spiro atoms. The average molecular weight is 432 g/mol. The fraction of sp³-hybridized carbons (Fsp3) is 0.455. The molecule has 7 nitrogen and oxygen atoms in total. The van der Waals surface area contributed by atoms with Crippen LogP contribution in [0.1, 0.15) is 43.2 Å². The predicted octanol–water partition coefficient (Wildman–Crippen LogP) is 3.04. The van der Waals surface area contributed by atoms with E-state index in [1.165, 1.54) is 11.4 Å². The first-order valence-electron chi connectivity index (χ1n) is 10.2. The van der Waals surface area contributed by atoms with Gasteiger partial charge in [0.25, 0.3) is 0 Å². The van der Waals surface area contributed by atoms with Crippen molar-refractivity contribution in [1.29, 1.82) is 0 Å². The monoisotopic (exact) mass is 431 g/mol. The molecule has 30 heavy (non-hydrogen) atoms. The zero-order chi connectivity index (χ0) is 21.6. The quantitative estimate of drug-likeness (QED) is 0.694. The minimum atomic E-state index is -3.91. The van der Waals surface area contributed by atoms with Crippen LogP contribution in [0, 0.1) is 6.92 Å². The Morgan fingerprint density at radius 1 is 1.23 bits per heavy atom. The molecule has 0 bridgehead atoms. The highest BCUT2D eigenvalue weighted by molar-refractivity contribution is 7.89. The lowest BCUT2D eigenvalue weighted by molar-refractivity contribution is -0.121. The van der Waals surface area contributed by atoms with Crippen molar-refractivity contribution in [3.8, 4) is 5.75 Å². The third kappa shape index (κ3) is 5.37. The molecule has 1 aliphatic carbocycles. The number of rotatable bonds is 8. The van der Waals surface area contributed by atoms with Crippen molar-refractivity contribution in [2.24, 2.45) is 0 Å². The van der Waals surface area contributed by atoms with E-state index in [1.807, 2.05) is 19.1 Å². The first kappa shape index (κ1) is 22.2. The molecule has 0 aliphatic heterocycles. The molecular formula is C22H29N3O4S. The number of methoxy groups -OCH3 is 1. The summed E-state index contributed by atoms with van der Waals surface area (Å²) in [4.78, 5) is 16.8. The van der Waals surface area contributed by atoms with Gasteiger partial charge in [-0.2, -0.15) is 4.31 Å². The minimum Gasteiger partial charge on any atom is -0.495 e. The van der Waals surface area contributed by atoms with E-state index in [-0.39, 0.29) is 29.1 Å². The summed E-state index contributed by atoms with van der Waals surface area (Å²) in [6.45, 7) is 1.92. The molecule has 0 saturated heterocycles. The van der Waals surface area contributed by atoms with E-state index >= 15 is 0 Å². The molecule has 2 aromatic rings. The minimum absolute atomic E-state index is 0.107. The second-order valence-electron chi connectivity index (χ2n) is 7.63. The third-order valence-corrected chi connectivity index (χ3v) is 7.32. The lowest BCUT2D eigenvalue weighted by Gasteiger charge is -2.33. The molecule has 3 rings (SSSR count). The third-order valence-electron chi connectivity index (χ3n) is 5.40. The number of hydrogen-bond acceptors (Lipinski definition) is 5. The Morgan fingerprint density at radius 2 is 2.00 bits per heavy atom. The van der Waals surface area contributed by atoms with Crippen LogP contribution in [0.25, 0.3) is 0 Å². The van der Waals surface area contributed by atoms with E-state index in [0.29, 0.717) is 6.54 Å². The summed E-state index contributed by atoms with van der Waals surface area (Å²) in [6, 6.07) is 8.54. The summed E-state index contributed by atoms with van der Waals surface area (Å²) in [5.74, 6) is -0.0446. The van der Waals surface area contributed by atoms with E-state index in [0.717, 1.165) is 43.2 Å². The van der Waals surface area contributed by atoms with Gasteiger partial charge in [0.2, 0.25) is 15.9 Å². The van der Waals surface area contributed by atoms with Crippen LogP contribution in [0.2, 0.25) is 0 Å². The summed E-state index contributed by atoms with van der Waals surface area (Å²) in [7, 11) is -2.46. The van der Waals surface area contributed by atoms with Crippen LogP contribution in [-0.2, 0) is 21.4 Å². The molecular weight excluding hydrogens is 402 g/mol. The first-order valence-corrected chi connectivity index (χ1v) is 11.7. The highest BCUT2D eigenvalue weighted by Crippen LogP contribution is 2.32. The number of carbonyl (C=O) groups excluding carboxylic acids is 1. The number of aromatic nitrogens is 1. The molecule has 1 fully saturated rings. The van der Waals surface area contributed by atoms with Crippen molar-refractivity contribution >= 4 is 15.9 Å². The van der Waals surface area contributed by atoms with Crippen molar-refractivity contribution in [2.75, 3.05) is 13.7 Å². The molecule has 0 atom stereocenters. The Bertz CT molecular complexity index is 958. The molecule has 8 heteroatoms. The molecule has 1 heterocycles. The van der Waals surface area contributed by atoms with Gasteiger partial charge in [0.05, 0.1) is 13.7 Å². The highest BCUT2D eigenvalue weighted by Gasteiger charge is 2.35. The van der Waals surface area contributed by atoms with Crippen molar-refractivity contribution in [2.45, 2.75) is 56.5 Å². The van der Waals surface area contributed by atoms with Gasteiger partial charge in [-0.3, -0.25) is 9.78 Å².